The van der Waals surface area contributed by atoms with E-state index in [4.69, 9.17) is 5.14 Å². The highest BCUT2D eigenvalue weighted by Gasteiger charge is 2.62. The van der Waals surface area contributed by atoms with E-state index in [0.717, 1.165) is 51.4 Å². The number of fused-ring (bicyclic) bond motifs is 5. The van der Waals surface area contributed by atoms with Crippen LogP contribution in [0.4, 0.5) is 5.69 Å². The summed E-state index contributed by atoms with van der Waals surface area (Å²) in [5.74, 6) is 2.74. The standard InChI is InChI=1S/C30H46N2O5S/c1-18(4-11-27(35)32-20-5-7-22(8-6-20)38(31,36)37)23-9-10-24-28-25(13-15-30(23,24)3)29(2)14-12-21(33)16-19(29)17-26(28)34/h5-8,18-19,21,23-26,28,33-34H,4,9-17H2,1-3H3,(H,32,35)(H2,31,36,37)/t18-,19+,21-,23-,24+,25+,26+,28+,29+,30-/m1/s1. The van der Waals surface area contributed by atoms with Gasteiger partial charge in [-0.15, -0.1) is 0 Å². The first kappa shape index (κ1) is 28.1. The molecule has 212 valence electrons. The number of nitrogens with one attached hydrogen (secondary N) is 1. The monoisotopic (exact) mass is 546 g/mol. The molecule has 38 heavy (non-hydrogen) atoms. The van der Waals surface area contributed by atoms with Gasteiger partial charge in [-0.1, -0.05) is 20.8 Å². The summed E-state index contributed by atoms with van der Waals surface area (Å²) in [5, 5.41) is 29.8. The number of aliphatic hydroxyl groups excluding tert-OH is 2. The van der Waals surface area contributed by atoms with Gasteiger partial charge in [-0.2, -0.15) is 0 Å². The summed E-state index contributed by atoms with van der Waals surface area (Å²) in [4.78, 5) is 12.7. The van der Waals surface area contributed by atoms with E-state index < -0.39 is 10.0 Å². The highest BCUT2D eigenvalue weighted by atomic mass is 32.2. The zero-order valence-electron chi connectivity index (χ0n) is 23.1. The quantitative estimate of drug-likeness (QED) is 0.412. The van der Waals surface area contributed by atoms with Crippen LogP contribution in [-0.4, -0.2) is 36.7 Å². The first-order chi connectivity index (χ1) is 17.8. The Labute approximate surface area is 228 Å². The molecule has 0 spiro atoms. The van der Waals surface area contributed by atoms with Crippen molar-refractivity contribution in [1.82, 2.24) is 0 Å². The minimum Gasteiger partial charge on any atom is -0.393 e. The second-order valence-corrected chi connectivity index (χ2v) is 15.1. The molecule has 8 heteroatoms. The Morgan fingerprint density at radius 2 is 1.68 bits per heavy atom. The minimum absolute atomic E-state index is 0.0246. The molecule has 10 atom stereocenters. The Morgan fingerprint density at radius 1 is 1.03 bits per heavy atom. The second-order valence-electron chi connectivity index (χ2n) is 13.6. The number of hydrogen-bond donors (Lipinski definition) is 4. The van der Waals surface area contributed by atoms with E-state index in [1.807, 2.05) is 0 Å². The number of nitrogens with two attached hydrogens (primary N) is 1. The van der Waals surface area contributed by atoms with E-state index in [1.165, 1.54) is 18.6 Å². The molecule has 4 fully saturated rings. The zero-order valence-corrected chi connectivity index (χ0v) is 23.9. The summed E-state index contributed by atoms with van der Waals surface area (Å²) < 4.78 is 22.9. The fourth-order valence-corrected chi connectivity index (χ4v) is 10.2. The number of primary sulfonamides is 1. The van der Waals surface area contributed by atoms with Crippen LogP contribution >= 0.6 is 0 Å². The molecule has 0 heterocycles. The van der Waals surface area contributed by atoms with Gasteiger partial charge in [0.25, 0.3) is 0 Å². The molecule has 0 radical (unpaired) electrons. The van der Waals surface area contributed by atoms with E-state index in [-0.39, 0.29) is 33.8 Å². The van der Waals surface area contributed by atoms with Crippen molar-refractivity contribution in [3.8, 4) is 0 Å². The molecule has 4 aliphatic rings. The van der Waals surface area contributed by atoms with Crippen LogP contribution in [0.15, 0.2) is 29.2 Å². The van der Waals surface area contributed by atoms with Crippen LogP contribution < -0.4 is 10.5 Å². The number of anilines is 1. The van der Waals surface area contributed by atoms with Gasteiger partial charge in [-0.05, 0) is 128 Å². The van der Waals surface area contributed by atoms with E-state index in [2.05, 4.69) is 26.1 Å². The molecule has 0 aromatic heterocycles. The first-order valence-corrected chi connectivity index (χ1v) is 16.2. The average Bonchev–Trinajstić information content (AvgIpc) is 3.20. The van der Waals surface area contributed by atoms with E-state index in [1.54, 1.807) is 12.1 Å². The molecule has 0 aliphatic heterocycles. The summed E-state index contributed by atoms with van der Waals surface area (Å²) in [6.07, 6.45) is 9.08. The van der Waals surface area contributed by atoms with Gasteiger partial charge in [0.05, 0.1) is 17.1 Å². The number of hydrogen-bond acceptors (Lipinski definition) is 5. The highest BCUT2D eigenvalue weighted by Crippen LogP contribution is 2.68. The summed E-state index contributed by atoms with van der Waals surface area (Å²) >= 11 is 0. The third-order valence-corrected chi connectivity index (χ3v) is 12.6. The van der Waals surface area contributed by atoms with Crippen molar-refractivity contribution in [2.45, 2.75) is 102 Å². The minimum atomic E-state index is -3.76. The Balaban J connectivity index is 1.21. The number of carbonyl (C=O) groups is 1. The second kappa shape index (κ2) is 10.2. The van der Waals surface area contributed by atoms with Gasteiger partial charge in [0.15, 0.2) is 0 Å². The molecule has 0 saturated heterocycles. The van der Waals surface area contributed by atoms with Crippen LogP contribution in [-0.2, 0) is 14.8 Å². The van der Waals surface area contributed by atoms with Gasteiger partial charge >= 0.3 is 0 Å². The summed E-state index contributed by atoms with van der Waals surface area (Å²) in [6.45, 7) is 7.20. The lowest BCUT2D eigenvalue weighted by Gasteiger charge is -2.62. The predicted molar refractivity (Wildman–Crippen MR) is 147 cm³/mol. The predicted octanol–water partition coefficient (Wildman–Crippen LogP) is 4.68. The van der Waals surface area contributed by atoms with Crippen molar-refractivity contribution < 1.29 is 23.4 Å². The fourth-order valence-electron chi connectivity index (χ4n) is 9.69. The molecule has 7 nitrogen and oxygen atoms in total. The number of amides is 1. The molecule has 0 unspecified atom stereocenters. The van der Waals surface area contributed by atoms with Crippen LogP contribution in [0, 0.1) is 46.3 Å². The summed E-state index contributed by atoms with van der Waals surface area (Å²) in [7, 11) is -3.76. The van der Waals surface area contributed by atoms with E-state index in [9.17, 15) is 23.4 Å². The Kier molecular flexibility index (Phi) is 7.51. The van der Waals surface area contributed by atoms with Gasteiger partial charge in [0.2, 0.25) is 15.9 Å². The number of sulfonamides is 1. The third kappa shape index (κ3) is 4.95. The molecular formula is C30H46N2O5S. The maximum atomic E-state index is 12.7. The molecule has 5 rings (SSSR count). The van der Waals surface area contributed by atoms with Crippen molar-refractivity contribution in [2.75, 3.05) is 5.32 Å². The Hall–Kier alpha value is -1.48. The van der Waals surface area contributed by atoms with Gasteiger partial charge in [0.1, 0.15) is 0 Å². The normalized spacial score (nSPS) is 41.5. The van der Waals surface area contributed by atoms with Crippen molar-refractivity contribution in [3.63, 3.8) is 0 Å². The number of carbonyl (C=O) groups excluding carboxylic acids is 1. The lowest BCUT2D eigenvalue weighted by atomic mass is 9.43. The molecule has 1 aromatic rings. The number of rotatable bonds is 6. The molecule has 1 aromatic carbocycles. The van der Waals surface area contributed by atoms with E-state index in [0.29, 0.717) is 47.6 Å². The fraction of sp³-hybridized carbons (Fsp3) is 0.767. The largest absolute Gasteiger partial charge is 0.393 e. The van der Waals surface area contributed by atoms with Crippen LogP contribution in [0.2, 0.25) is 0 Å². The van der Waals surface area contributed by atoms with Gasteiger partial charge in [0, 0.05) is 12.1 Å². The van der Waals surface area contributed by atoms with Gasteiger partial charge in [-0.3, -0.25) is 4.79 Å². The van der Waals surface area contributed by atoms with Gasteiger partial charge in [-0.25, -0.2) is 13.6 Å². The molecule has 0 bridgehead atoms. The Bertz CT molecular complexity index is 1140. The molecule has 5 N–H and O–H groups in total. The third-order valence-electron chi connectivity index (χ3n) is 11.7. The molecule has 4 aliphatic carbocycles. The van der Waals surface area contributed by atoms with Crippen molar-refractivity contribution in [2.24, 2.45) is 51.5 Å². The van der Waals surface area contributed by atoms with Gasteiger partial charge < -0.3 is 15.5 Å². The van der Waals surface area contributed by atoms with Crippen LogP contribution in [0.3, 0.4) is 0 Å². The van der Waals surface area contributed by atoms with Crippen molar-refractivity contribution in [3.05, 3.63) is 24.3 Å². The first-order valence-electron chi connectivity index (χ1n) is 14.6. The van der Waals surface area contributed by atoms with Crippen molar-refractivity contribution in [1.29, 1.82) is 0 Å². The van der Waals surface area contributed by atoms with Crippen LogP contribution in [0.5, 0.6) is 0 Å². The van der Waals surface area contributed by atoms with E-state index >= 15 is 0 Å². The molecular weight excluding hydrogens is 500 g/mol. The maximum absolute atomic E-state index is 12.7. The zero-order chi connectivity index (χ0) is 27.5. The smallest absolute Gasteiger partial charge is 0.238 e. The lowest BCUT2D eigenvalue weighted by Crippen LogP contribution is -2.58. The lowest BCUT2D eigenvalue weighted by molar-refractivity contribution is -0.174. The summed E-state index contributed by atoms with van der Waals surface area (Å²) in [6, 6.07) is 5.94. The van der Waals surface area contributed by atoms with Crippen LogP contribution in [0.25, 0.3) is 0 Å². The van der Waals surface area contributed by atoms with Crippen LogP contribution in [0.1, 0.15) is 85.0 Å². The highest BCUT2D eigenvalue weighted by molar-refractivity contribution is 7.89. The number of aliphatic hydroxyl groups is 2. The maximum Gasteiger partial charge on any atom is 0.238 e. The topological polar surface area (TPSA) is 130 Å². The SMILES string of the molecule is C[C@H](CCC(=O)Nc1ccc(S(N)(=O)=O)cc1)[C@H]1CC[C@H]2[C@@H]3[C@@H](O)C[C@@H]4C[C@H](O)CC[C@]4(C)[C@H]3CC[C@]12C. The molecule has 1 amide bonds. The number of benzene rings is 1. The molecule has 4 saturated carbocycles. The Morgan fingerprint density at radius 3 is 2.37 bits per heavy atom. The summed E-state index contributed by atoms with van der Waals surface area (Å²) in [5.41, 5.74) is 0.993. The average molecular weight is 547 g/mol. The van der Waals surface area contributed by atoms with Crippen molar-refractivity contribution >= 4 is 21.6 Å².